The van der Waals surface area contributed by atoms with Gasteiger partial charge in [0, 0.05) is 49.0 Å². The number of halogens is 2. The summed E-state index contributed by atoms with van der Waals surface area (Å²) < 4.78 is 3.90. The number of nitrogens with two attached hydrogens (primary N) is 1. The summed E-state index contributed by atoms with van der Waals surface area (Å²) in [4.78, 5) is 49.4. The van der Waals surface area contributed by atoms with Gasteiger partial charge in [0.2, 0.25) is 5.91 Å². The highest BCUT2D eigenvalue weighted by Gasteiger charge is 2.25. The lowest BCUT2D eigenvalue weighted by Crippen LogP contribution is -2.43. The monoisotopic (exact) mass is 631 g/mol. The van der Waals surface area contributed by atoms with E-state index in [-0.39, 0.29) is 17.7 Å². The van der Waals surface area contributed by atoms with Gasteiger partial charge in [-0.15, -0.1) is 0 Å². The van der Waals surface area contributed by atoms with E-state index in [4.69, 9.17) is 33.9 Å². The molecule has 1 aliphatic rings. The standard InChI is InChI=1S/C32H31Cl2N7O3/c1-37-14-16-38(17-15-37)18-21-6-8-22(9-7-21)19-39-30-28(31(43)40(32(39)44)20-27(35)42)41(24-12-10-23(33)11-13-24)29(36-30)25-4-2-3-5-26(25)34/h2-13H,14-20H2,1H3,(H2,35,42). The van der Waals surface area contributed by atoms with Crippen LogP contribution in [0.25, 0.3) is 28.2 Å². The number of rotatable bonds is 8. The number of fused-ring (bicyclic) bond motifs is 1. The van der Waals surface area contributed by atoms with Crippen LogP contribution < -0.4 is 17.0 Å². The Morgan fingerprint density at radius 1 is 0.841 bits per heavy atom. The lowest BCUT2D eigenvalue weighted by atomic mass is 10.1. The van der Waals surface area contributed by atoms with Crippen LogP contribution in [-0.2, 0) is 24.4 Å². The molecule has 3 heterocycles. The Morgan fingerprint density at radius 3 is 2.11 bits per heavy atom. The number of carbonyl (C=O) groups excluding carboxylic acids is 1. The van der Waals surface area contributed by atoms with E-state index in [1.165, 1.54) is 10.1 Å². The van der Waals surface area contributed by atoms with E-state index in [1.54, 1.807) is 47.0 Å². The number of imidazole rings is 1. The molecule has 2 N–H and O–H groups in total. The molecule has 1 aliphatic heterocycles. The summed E-state index contributed by atoms with van der Waals surface area (Å²) in [6.45, 7) is 4.48. The molecule has 0 unspecified atom stereocenters. The second kappa shape index (κ2) is 12.4. The maximum Gasteiger partial charge on any atom is 0.333 e. The first kappa shape index (κ1) is 29.8. The Kier molecular flexibility index (Phi) is 8.42. The smallest absolute Gasteiger partial charge is 0.333 e. The molecule has 1 saturated heterocycles. The van der Waals surface area contributed by atoms with Crippen LogP contribution in [0.4, 0.5) is 0 Å². The highest BCUT2D eigenvalue weighted by atomic mass is 35.5. The quantitative estimate of drug-likeness (QED) is 0.280. The first-order valence-electron chi connectivity index (χ1n) is 14.2. The lowest BCUT2D eigenvalue weighted by Gasteiger charge is -2.32. The minimum Gasteiger partial charge on any atom is -0.368 e. The van der Waals surface area contributed by atoms with Crippen molar-refractivity contribution in [1.82, 2.24) is 28.5 Å². The highest BCUT2D eigenvalue weighted by molar-refractivity contribution is 6.33. The number of likely N-dealkylation sites (N-methyl/N-ethyl adjacent to an activating group) is 1. The second-order valence-electron chi connectivity index (χ2n) is 11.0. The summed E-state index contributed by atoms with van der Waals surface area (Å²) in [5, 5.41) is 0.928. The van der Waals surface area contributed by atoms with Gasteiger partial charge >= 0.3 is 5.69 Å². The molecule has 10 nitrogen and oxygen atoms in total. The van der Waals surface area contributed by atoms with Crippen molar-refractivity contribution < 1.29 is 4.79 Å². The molecular weight excluding hydrogens is 601 g/mol. The number of carbonyl (C=O) groups is 1. The van der Waals surface area contributed by atoms with Gasteiger partial charge in [-0.1, -0.05) is 59.6 Å². The molecule has 2 aromatic heterocycles. The minimum atomic E-state index is -0.813. The first-order chi connectivity index (χ1) is 21.2. The molecule has 1 amide bonds. The van der Waals surface area contributed by atoms with Crippen LogP contribution in [0.3, 0.4) is 0 Å². The van der Waals surface area contributed by atoms with Crippen LogP contribution in [-0.4, -0.2) is 67.6 Å². The molecule has 6 rings (SSSR count). The molecule has 0 saturated carbocycles. The lowest BCUT2D eigenvalue weighted by molar-refractivity contribution is -0.118. The molecule has 3 aromatic carbocycles. The third-order valence-electron chi connectivity index (χ3n) is 7.90. The topological polar surface area (TPSA) is 111 Å². The molecule has 1 fully saturated rings. The fourth-order valence-corrected chi connectivity index (χ4v) is 5.89. The Morgan fingerprint density at radius 2 is 1.48 bits per heavy atom. The zero-order valence-electron chi connectivity index (χ0n) is 24.1. The van der Waals surface area contributed by atoms with Gasteiger partial charge in [0.15, 0.2) is 11.2 Å². The average molecular weight is 633 g/mol. The number of nitrogens with zero attached hydrogens (tertiary/aromatic N) is 6. The highest BCUT2D eigenvalue weighted by Crippen LogP contribution is 2.32. The van der Waals surface area contributed by atoms with E-state index in [2.05, 4.69) is 29.0 Å². The molecule has 0 bridgehead atoms. The van der Waals surface area contributed by atoms with Gasteiger partial charge in [0.25, 0.3) is 5.56 Å². The van der Waals surface area contributed by atoms with E-state index in [0.29, 0.717) is 27.1 Å². The molecule has 12 heteroatoms. The van der Waals surface area contributed by atoms with E-state index < -0.39 is 23.7 Å². The van der Waals surface area contributed by atoms with E-state index in [0.717, 1.165) is 42.9 Å². The first-order valence-corrected chi connectivity index (χ1v) is 15.0. The van der Waals surface area contributed by atoms with Crippen LogP contribution in [0.5, 0.6) is 0 Å². The zero-order valence-corrected chi connectivity index (χ0v) is 25.6. The van der Waals surface area contributed by atoms with Crippen LogP contribution in [0, 0.1) is 0 Å². The van der Waals surface area contributed by atoms with Crippen LogP contribution >= 0.6 is 23.2 Å². The number of aromatic nitrogens is 4. The Bertz CT molecular complexity index is 1960. The van der Waals surface area contributed by atoms with Gasteiger partial charge in [0.1, 0.15) is 12.4 Å². The molecular formula is C32H31Cl2N7O3. The predicted octanol–water partition coefficient (Wildman–Crippen LogP) is 3.60. The van der Waals surface area contributed by atoms with Crippen LogP contribution in [0.2, 0.25) is 10.0 Å². The molecule has 0 aliphatic carbocycles. The summed E-state index contributed by atoms with van der Waals surface area (Å²) in [6.07, 6.45) is 0. The Hall–Kier alpha value is -4.22. The average Bonchev–Trinajstić information content (AvgIpc) is 3.40. The summed E-state index contributed by atoms with van der Waals surface area (Å²) in [7, 11) is 2.13. The maximum atomic E-state index is 13.9. The van der Waals surface area contributed by atoms with Crippen LogP contribution in [0.15, 0.2) is 82.4 Å². The normalized spacial score (nSPS) is 14.3. The minimum absolute atomic E-state index is 0.106. The van der Waals surface area contributed by atoms with E-state index >= 15 is 0 Å². The number of benzene rings is 3. The molecule has 0 spiro atoms. The largest absolute Gasteiger partial charge is 0.368 e. The molecule has 5 aromatic rings. The van der Waals surface area contributed by atoms with E-state index in [9.17, 15) is 14.4 Å². The predicted molar refractivity (Wildman–Crippen MR) is 173 cm³/mol. The number of piperazine rings is 1. The van der Waals surface area contributed by atoms with Gasteiger partial charge < -0.3 is 10.6 Å². The van der Waals surface area contributed by atoms with Gasteiger partial charge in [-0.25, -0.2) is 14.3 Å². The number of primary amides is 1. The van der Waals surface area contributed by atoms with Gasteiger partial charge in [-0.05, 0) is 54.6 Å². The third kappa shape index (κ3) is 5.94. The van der Waals surface area contributed by atoms with Crippen molar-refractivity contribution in [1.29, 1.82) is 0 Å². The number of amides is 1. The zero-order chi connectivity index (χ0) is 31.0. The second-order valence-corrected chi connectivity index (χ2v) is 11.9. The fraction of sp³-hybridized carbons (Fsp3) is 0.250. The van der Waals surface area contributed by atoms with Gasteiger partial charge in [0.05, 0.1) is 11.6 Å². The van der Waals surface area contributed by atoms with Crippen molar-refractivity contribution in [3.63, 3.8) is 0 Å². The molecule has 226 valence electrons. The van der Waals surface area contributed by atoms with Gasteiger partial charge in [-0.2, -0.15) is 0 Å². The van der Waals surface area contributed by atoms with Crippen molar-refractivity contribution in [2.24, 2.45) is 5.73 Å². The SMILES string of the molecule is CN1CCN(Cc2ccc(Cn3c(=O)n(CC(N)=O)c(=O)c4c3nc(-c3ccccc3Cl)n4-c3ccc(Cl)cc3)cc2)CC1. The fourth-order valence-electron chi connectivity index (χ4n) is 5.54. The summed E-state index contributed by atoms with van der Waals surface area (Å²) in [5.41, 5.74) is 7.52. The van der Waals surface area contributed by atoms with Crippen molar-refractivity contribution in [2.45, 2.75) is 19.6 Å². The summed E-state index contributed by atoms with van der Waals surface area (Å²) >= 11 is 12.8. The summed E-state index contributed by atoms with van der Waals surface area (Å²) in [5.74, 6) is -0.454. The Balaban J connectivity index is 1.51. The number of hydrogen-bond acceptors (Lipinski definition) is 6. The van der Waals surface area contributed by atoms with Crippen molar-refractivity contribution in [3.8, 4) is 17.1 Å². The number of hydrogen-bond donors (Lipinski definition) is 1. The Labute approximate surface area is 263 Å². The molecule has 44 heavy (non-hydrogen) atoms. The van der Waals surface area contributed by atoms with Crippen molar-refractivity contribution >= 4 is 40.3 Å². The summed E-state index contributed by atoms with van der Waals surface area (Å²) in [6, 6.07) is 22.1. The van der Waals surface area contributed by atoms with Crippen LogP contribution in [0.1, 0.15) is 11.1 Å². The molecule has 0 radical (unpaired) electrons. The molecule has 0 atom stereocenters. The third-order valence-corrected chi connectivity index (χ3v) is 8.49. The van der Waals surface area contributed by atoms with Gasteiger partial charge in [-0.3, -0.25) is 23.6 Å². The van der Waals surface area contributed by atoms with Crippen molar-refractivity contribution in [2.75, 3.05) is 33.2 Å². The van der Waals surface area contributed by atoms with Crippen molar-refractivity contribution in [3.05, 3.63) is 115 Å². The van der Waals surface area contributed by atoms with E-state index in [1.807, 2.05) is 18.2 Å². The maximum absolute atomic E-state index is 13.9.